The molecule has 1 fully saturated rings. The Morgan fingerprint density at radius 1 is 1.38 bits per heavy atom. The van der Waals surface area contributed by atoms with Crippen LogP contribution in [0.2, 0.25) is 0 Å². The maximum Gasteiger partial charge on any atom is 0.146 e. The summed E-state index contributed by atoms with van der Waals surface area (Å²) < 4.78 is 14.0. The maximum absolute atomic E-state index is 14.0. The molecule has 0 aromatic heterocycles. The zero-order chi connectivity index (χ0) is 15.3. The summed E-state index contributed by atoms with van der Waals surface area (Å²) in [4.78, 5) is 2.10. The van der Waals surface area contributed by atoms with E-state index in [4.69, 9.17) is 0 Å². The van der Waals surface area contributed by atoms with Crippen LogP contribution in [0.25, 0.3) is 0 Å². The number of rotatable bonds is 6. The lowest BCUT2D eigenvalue weighted by molar-refractivity contribution is 0.149. The van der Waals surface area contributed by atoms with Crippen molar-refractivity contribution < 1.29 is 4.39 Å². The summed E-state index contributed by atoms with van der Waals surface area (Å²) in [5.74, 6) is 0.647. The number of hydrogen-bond acceptors (Lipinski definition) is 2. The minimum absolute atomic E-state index is 0.123. The number of nitrogens with zero attached hydrogens (tertiary/aromatic N) is 1. The van der Waals surface area contributed by atoms with Crippen molar-refractivity contribution in [1.29, 1.82) is 0 Å². The topological polar surface area (TPSA) is 15.3 Å². The van der Waals surface area contributed by atoms with Crippen LogP contribution in [-0.2, 0) is 0 Å². The van der Waals surface area contributed by atoms with Gasteiger partial charge in [0.1, 0.15) is 5.82 Å². The molecule has 1 saturated carbocycles. The third kappa shape index (κ3) is 4.19. The van der Waals surface area contributed by atoms with Crippen LogP contribution in [0.4, 0.5) is 10.1 Å². The smallest absolute Gasteiger partial charge is 0.146 e. The number of benzene rings is 1. The SMILES string of the molecule is CCNCC1(CN(C)c2ccccc2F)CCCC(C)C1. The van der Waals surface area contributed by atoms with Gasteiger partial charge in [-0.1, -0.05) is 38.8 Å². The van der Waals surface area contributed by atoms with E-state index in [0.29, 0.717) is 5.69 Å². The average Bonchev–Trinajstić information content (AvgIpc) is 2.45. The predicted octanol–water partition coefficient (Wildman–Crippen LogP) is 4.07. The summed E-state index contributed by atoms with van der Waals surface area (Å²) in [6.07, 6.45) is 5.09. The Kier molecular flexibility index (Phi) is 5.63. The van der Waals surface area contributed by atoms with Crippen molar-refractivity contribution in [2.75, 3.05) is 31.6 Å². The molecule has 1 aliphatic rings. The largest absolute Gasteiger partial charge is 0.372 e. The first-order chi connectivity index (χ1) is 10.1. The minimum atomic E-state index is -0.123. The number of hydrogen-bond donors (Lipinski definition) is 1. The van der Waals surface area contributed by atoms with Crippen LogP contribution >= 0.6 is 0 Å². The fourth-order valence-corrected chi connectivity index (χ4v) is 3.87. The van der Waals surface area contributed by atoms with Gasteiger partial charge in [0.2, 0.25) is 0 Å². The van der Waals surface area contributed by atoms with Crippen molar-refractivity contribution in [2.45, 2.75) is 39.5 Å². The summed E-state index contributed by atoms with van der Waals surface area (Å²) in [5, 5.41) is 3.53. The molecule has 0 aliphatic heterocycles. The summed E-state index contributed by atoms with van der Waals surface area (Å²) in [7, 11) is 2.02. The van der Waals surface area contributed by atoms with Gasteiger partial charge < -0.3 is 10.2 Å². The van der Waals surface area contributed by atoms with Crippen molar-refractivity contribution in [1.82, 2.24) is 5.32 Å². The molecule has 1 aromatic rings. The van der Waals surface area contributed by atoms with E-state index in [9.17, 15) is 4.39 Å². The standard InChI is InChI=1S/C18H29FN2/c1-4-20-13-18(11-7-8-15(2)12-18)14-21(3)17-10-6-5-9-16(17)19/h5-6,9-10,15,20H,4,7-8,11-14H2,1-3H3. The normalized spacial score (nSPS) is 25.8. The second kappa shape index (κ2) is 7.26. The van der Waals surface area contributed by atoms with Crippen molar-refractivity contribution in [3.8, 4) is 0 Å². The first-order valence-electron chi connectivity index (χ1n) is 8.23. The lowest BCUT2D eigenvalue weighted by Gasteiger charge is -2.43. The van der Waals surface area contributed by atoms with E-state index in [1.165, 1.54) is 25.7 Å². The quantitative estimate of drug-likeness (QED) is 0.850. The molecular formula is C18H29FN2. The monoisotopic (exact) mass is 292 g/mol. The van der Waals surface area contributed by atoms with Gasteiger partial charge >= 0.3 is 0 Å². The summed E-state index contributed by atoms with van der Waals surface area (Å²) in [6, 6.07) is 7.09. The Labute approximate surface area is 128 Å². The molecule has 2 atom stereocenters. The third-order valence-electron chi connectivity index (χ3n) is 4.77. The van der Waals surface area contributed by atoms with Crippen molar-refractivity contribution in [3.63, 3.8) is 0 Å². The fraction of sp³-hybridized carbons (Fsp3) is 0.667. The van der Waals surface area contributed by atoms with E-state index in [2.05, 4.69) is 24.1 Å². The molecule has 0 spiro atoms. The van der Waals surface area contributed by atoms with E-state index in [1.807, 2.05) is 19.2 Å². The molecule has 0 saturated heterocycles. The van der Waals surface area contributed by atoms with E-state index < -0.39 is 0 Å². The Morgan fingerprint density at radius 2 is 2.14 bits per heavy atom. The van der Waals surface area contributed by atoms with Crippen LogP contribution in [0, 0.1) is 17.2 Å². The molecular weight excluding hydrogens is 263 g/mol. The number of para-hydroxylation sites is 1. The Hall–Kier alpha value is -1.09. The van der Waals surface area contributed by atoms with Gasteiger partial charge in [-0.2, -0.15) is 0 Å². The molecule has 0 bridgehead atoms. The highest BCUT2D eigenvalue weighted by atomic mass is 19.1. The second-order valence-electron chi connectivity index (χ2n) is 6.79. The average molecular weight is 292 g/mol. The lowest BCUT2D eigenvalue weighted by Crippen LogP contribution is -2.46. The molecule has 2 unspecified atom stereocenters. The van der Waals surface area contributed by atoms with Gasteiger partial charge in [-0.25, -0.2) is 4.39 Å². The molecule has 1 aromatic carbocycles. The summed E-state index contributed by atoms with van der Waals surface area (Å²) >= 11 is 0. The molecule has 0 amide bonds. The van der Waals surface area contributed by atoms with Gasteiger partial charge in [-0.3, -0.25) is 0 Å². The van der Waals surface area contributed by atoms with Gasteiger partial charge in [-0.15, -0.1) is 0 Å². The molecule has 0 heterocycles. The van der Waals surface area contributed by atoms with Gasteiger partial charge in [0.15, 0.2) is 0 Å². The summed E-state index contributed by atoms with van der Waals surface area (Å²) in [6.45, 7) is 7.46. The molecule has 2 nitrogen and oxygen atoms in total. The van der Waals surface area contributed by atoms with Crippen molar-refractivity contribution in [2.24, 2.45) is 11.3 Å². The maximum atomic E-state index is 14.0. The van der Waals surface area contributed by atoms with Gasteiger partial charge in [0.25, 0.3) is 0 Å². The van der Waals surface area contributed by atoms with Crippen LogP contribution in [-0.4, -0.2) is 26.7 Å². The highest BCUT2D eigenvalue weighted by Crippen LogP contribution is 2.40. The van der Waals surface area contributed by atoms with E-state index in [-0.39, 0.29) is 11.2 Å². The van der Waals surface area contributed by atoms with E-state index >= 15 is 0 Å². The van der Waals surface area contributed by atoms with Crippen LogP contribution in [0.1, 0.15) is 39.5 Å². The third-order valence-corrected chi connectivity index (χ3v) is 4.77. The van der Waals surface area contributed by atoms with Crippen molar-refractivity contribution >= 4 is 5.69 Å². The highest BCUT2D eigenvalue weighted by molar-refractivity contribution is 5.47. The Morgan fingerprint density at radius 3 is 2.81 bits per heavy atom. The lowest BCUT2D eigenvalue weighted by atomic mass is 9.69. The van der Waals surface area contributed by atoms with Crippen LogP contribution in [0.5, 0.6) is 0 Å². The van der Waals surface area contributed by atoms with E-state index in [1.54, 1.807) is 12.1 Å². The van der Waals surface area contributed by atoms with Crippen molar-refractivity contribution in [3.05, 3.63) is 30.1 Å². The number of anilines is 1. The second-order valence-corrected chi connectivity index (χ2v) is 6.79. The molecule has 3 heteroatoms. The number of nitrogens with one attached hydrogen (secondary N) is 1. The Bertz CT molecular complexity index is 449. The molecule has 1 N–H and O–H groups in total. The molecule has 1 aliphatic carbocycles. The molecule has 0 radical (unpaired) electrons. The minimum Gasteiger partial charge on any atom is -0.372 e. The van der Waals surface area contributed by atoms with E-state index in [0.717, 1.165) is 25.6 Å². The Balaban J connectivity index is 2.12. The molecule has 21 heavy (non-hydrogen) atoms. The predicted molar refractivity (Wildman–Crippen MR) is 88.3 cm³/mol. The van der Waals surface area contributed by atoms with Gasteiger partial charge in [0.05, 0.1) is 5.69 Å². The van der Waals surface area contributed by atoms with Gasteiger partial charge in [0, 0.05) is 25.6 Å². The highest BCUT2D eigenvalue weighted by Gasteiger charge is 2.35. The molecule has 2 rings (SSSR count). The zero-order valence-corrected chi connectivity index (χ0v) is 13.7. The first-order valence-corrected chi connectivity index (χ1v) is 8.23. The van der Waals surface area contributed by atoms with Crippen LogP contribution < -0.4 is 10.2 Å². The summed E-state index contributed by atoms with van der Waals surface area (Å²) in [5.41, 5.74) is 0.983. The number of halogens is 1. The fourth-order valence-electron chi connectivity index (χ4n) is 3.87. The zero-order valence-electron chi connectivity index (χ0n) is 13.7. The van der Waals surface area contributed by atoms with Gasteiger partial charge in [-0.05, 0) is 37.4 Å². The first kappa shape index (κ1) is 16.3. The molecule has 118 valence electrons. The van der Waals surface area contributed by atoms with Crippen LogP contribution in [0.3, 0.4) is 0 Å². The van der Waals surface area contributed by atoms with Crippen LogP contribution in [0.15, 0.2) is 24.3 Å².